The number of carbonyl (C=O) groups excluding carboxylic acids is 1. The van der Waals surface area contributed by atoms with E-state index < -0.39 is 0 Å². The molecule has 0 unspecified atom stereocenters. The molecule has 5 nitrogen and oxygen atoms in total. The van der Waals surface area contributed by atoms with Crippen molar-refractivity contribution in [2.24, 2.45) is 0 Å². The molecule has 2 aliphatic rings. The van der Waals surface area contributed by atoms with Gasteiger partial charge >= 0.3 is 6.09 Å². The van der Waals surface area contributed by atoms with Crippen molar-refractivity contribution < 1.29 is 13.9 Å². The molecule has 5 rings (SSSR count). The van der Waals surface area contributed by atoms with Gasteiger partial charge in [-0.05, 0) is 62.4 Å². The summed E-state index contributed by atoms with van der Waals surface area (Å²) in [5.41, 5.74) is 5.22. The summed E-state index contributed by atoms with van der Waals surface area (Å²) >= 11 is 0. The third-order valence-electron chi connectivity index (χ3n) is 7.11. The van der Waals surface area contributed by atoms with Crippen molar-refractivity contribution in [2.75, 3.05) is 12.0 Å². The van der Waals surface area contributed by atoms with Crippen LogP contribution in [-0.4, -0.2) is 28.8 Å². The van der Waals surface area contributed by atoms with Crippen LogP contribution >= 0.6 is 0 Å². The number of hydrogen-bond acceptors (Lipinski definition) is 3. The number of benzene rings is 2. The molecule has 2 aromatic carbocycles. The molecular formula is C26H30FN3O2. The largest absolute Gasteiger partial charge is 0.452 e. The number of imidazole rings is 1. The standard InChI is InChI=1S/C26H30FN3O2/c1-17-8-13-21-22(29(17)26(31)32-2)14-15-23-25(21)28-24(16-18-9-11-19(27)12-10-18)30(23)20-6-4-3-5-7-20/h9-12,14-15,17,20H,3-8,13,16H2,1-2H3/t17-/m0/s1. The molecule has 1 amide bonds. The first-order chi connectivity index (χ1) is 15.6. The molecule has 3 aromatic rings. The monoisotopic (exact) mass is 435 g/mol. The van der Waals surface area contributed by atoms with Crippen LogP contribution in [0.2, 0.25) is 0 Å². The average molecular weight is 436 g/mol. The quantitative estimate of drug-likeness (QED) is 0.494. The number of hydrogen-bond donors (Lipinski definition) is 0. The number of methoxy groups -OCH3 is 1. The number of fused-ring (bicyclic) bond motifs is 3. The van der Waals surface area contributed by atoms with Gasteiger partial charge in [0.2, 0.25) is 0 Å². The number of nitrogens with zero attached hydrogens (tertiary/aromatic N) is 3. The maximum Gasteiger partial charge on any atom is 0.414 e. The number of ether oxygens (including phenoxy) is 1. The summed E-state index contributed by atoms with van der Waals surface area (Å²) in [4.78, 5) is 19.4. The van der Waals surface area contributed by atoms with E-state index in [0.29, 0.717) is 12.5 Å². The van der Waals surface area contributed by atoms with E-state index in [2.05, 4.69) is 23.6 Å². The molecule has 0 N–H and O–H groups in total. The number of carbonyl (C=O) groups is 1. The lowest BCUT2D eigenvalue weighted by Crippen LogP contribution is -2.42. The number of rotatable bonds is 3. The van der Waals surface area contributed by atoms with Gasteiger partial charge in [-0.2, -0.15) is 0 Å². The molecule has 0 saturated heterocycles. The summed E-state index contributed by atoms with van der Waals surface area (Å²) in [7, 11) is 1.43. The molecule has 2 heterocycles. The fraction of sp³-hybridized carbons (Fsp3) is 0.462. The SMILES string of the molecule is COC(=O)N1c2ccc3c(nc(Cc4ccc(F)cc4)n3C3CCCCC3)c2CC[C@@H]1C. The molecule has 1 aliphatic carbocycles. The Morgan fingerprint density at radius 3 is 2.56 bits per heavy atom. The Hall–Kier alpha value is -2.89. The number of anilines is 1. The summed E-state index contributed by atoms with van der Waals surface area (Å²) in [5.74, 6) is 0.802. The second-order valence-electron chi connectivity index (χ2n) is 9.15. The second-order valence-corrected chi connectivity index (χ2v) is 9.15. The second kappa shape index (κ2) is 8.57. The lowest BCUT2D eigenvalue weighted by atomic mass is 9.94. The molecule has 0 bridgehead atoms. The Morgan fingerprint density at radius 2 is 1.84 bits per heavy atom. The highest BCUT2D eigenvalue weighted by molar-refractivity contribution is 5.95. The highest BCUT2D eigenvalue weighted by Crippen LogP contribution is 2.39. The van der Waals surface area contributed by atoms with E-state index in [1.54, 1.807) is 4.90 Å². The lowest BCUT2D eigenvalue weighted by Gasteiger charge is -2.34. The number of aromatic nitrogens is 2. The van der Waals surface area contributed by atoms with Crippen LogP contribution in [0.1, 0.15) is 68.4 Å². The molecular weight excluding hydrogens is 405 g/mol. The fourth-order valence-corrected chi connectivity index (χ4v) is 5.48. The van der Waals surface area contributed by atoms with Crippen LogP contribution in [0.4, 0.5) is 14.9 Å². The summed E-state index contributed by atoms with van der Waals surface area (Å²) in [5, 5.41) is 0. The third-order valence-corrected chi connectivity index (χ3v) is 7.11. The van der Waals surface area contributed by atoms with Crippen molar-refractivity contribution in [3.05, 3.63) is 59.2 Å². The van der Waals surface area contributed by atoms with Crippen LogP contribution in [0.25, 0.3) is 11.0 Å². The Morgan fingerprint density at radius 1 is 1.09 bits per heavy atom. The smallest absolute Gasteiger partial charge is 0.414 e. The Kier molecular flexibility index (Phi) is 5.62. The molecule has 1 aromatic heterocycles. The van der Waals surface area contributed by atoms with Gasteiger partial charge in [0.25, 0.3) is 0 Å². The van der Waals surface area contributed by atoms with E-state index in [1.807, 2.05) is 12.1 Å². The normalized spacial score (nSPS) is 19.2. The number of halogens is 1. The van der Waals surface area contributed by atoms with Gasteiger partial charge in [0.1, 0.15) is 11.6 Å². The van der Waals surface area contributed by atoms with Crippen LogP contribution in [0.3, 0.4) is 0 Å². The summed E-state index contributed by atoms with van der Waals surface area (Å²) in [6, 6.07) is 11.4. The number of amides is 1. The first-order valence-electron chi connectivity index (χ1n) is 11.7. The molecule has 1 atom stereocenters. The minimum atomic E-state index is -0.323. The number of aryl methyl sites for hydroxylation is 1. The van der Waals surface area contributed by atoms with Crippen LogP contribution in [0.5, 0.6) is 0 Å². The van der Waals surface area contributed by atoms with Gasteiger partial charge in [-0.15, -0.1) is 0 Å². The first-order valence-corrected chi connectivity index (χ1v) is 11.7. The van der Waals surface area contributed by atoms with E-state index in [9.17, 15) is 9.18 Å². The van der Waals surface area contributed by atoms with Crippen molar-refractivity contribution in [3.63, 3.8) is 0 Å². The minimum absolute atomic E-state index is 0.0894. The summed E-state index contributed by atoms with van der Waals surface area (Å²) in [6.45, 7) is 2.06. The van der Waals surface area contributed by atoms with Crippen LogP contribution in [-0.2, 0) is 17.6 Å². The minimum Gasteiger partial charge on any atom is -0.452 e. The zero-order valence-corrected chi connectivity index (χ0v) is 18.8. The predicted octanol–water partition coefficient (Wildman–Crippen LogP) is 6.18. The molecule has 0 spiro atoms. The van der Waals surface area contributed by atoms with Crippen LogP contribution in [0.15, 0.2) is 36.4 Å². The van der Waals surface area contributed by atoms with Crippen molar-refractivity contribution in [2.45, 2.75) is 70.4 Å². The molecule has 1 saturated carbocycles. The van der Waals surface area contributed by atoms with Crippen LogP contribution < -0.4 is 4.90 Å². The van der Waals surface area contributed by atoms with Gasteiger partial charge in [-0.3, -0.25) is 4.90 Å². The highest BCUT2D eigenvalue weighted by Gasteiger charge is 2.32. The molecule has 32 heavy (non-hydrogen) atoms. The van der Waals surface area contributed by atoms with Gasteiger partial charge in [0.15, 0.2) is 0 Å². The molecule has 0 radical (unpaired) electrons. The maximum absolute atomic E-state index is 13.5. The average Bonchev–Trinajstić information content (AvgIpc) is 3.18. The zero-order valence-electron chi connectivity index (χ0n) is 18.8. The van der Waals surface area contributed by atoms with Crippen molar-refractivity contribution in [3.8, 4) is 0 Å². The van der Waals surface area contributed by atoms with E-state index in [-0.39, 0.29) is 18.0 Å². The van der Waals surface area contributed by atoms with Gasteiger partial charge < -0.3 is 9.30 Å². The highest BCUT2D eigenvalue weighted by atomic mass is 19.1. The van der Waals surface area contributed by atoms with E-state index in [1.165, 1.54) is 38.5 Å². The lowest BCUT2D eigenvalue weighted by molar-refractivity contribution is 0.175. The zero-order chi connectivity index (χ0) is 22.2. The van der Waals surface area contributed by atoms with Gasteiger partial charge in [-0.25, -0.2) is 14.2 Å². The van der Waals surface area contributed by atoms with Crippen molar-refractivity contribution >= 4 is 22.8 Å². The van der Waals surface area contributed by atoms with Gasteiger partial charge in [0, 0.05) is 24.1 Å². The van der Waals surface area contributed by atoms with E-state index in [4.69, 9.17) is 9.72 Å². The van der Waals surface area contributed by atoms with Gasteiger partial charge in [-0.1, -0.05) is 31.4 Å². The van der Waals surface area contributed by atoms with Crippen LogP contribution in [0, 0.1) is 5.82 Å². The van der Waals surface area contributed by atoms with Crippen molar-refractivity contribution in [1.29, 1.82) is 0 Å². The Balaban J connectivity index is 1.65. The Bertz CT molecular complexity index is 1130. The Labute approximate surface area is 188 Å². The van der Waals surface area contributed by atoms with Gasteiger partial charge in [0.05, 0.1) is 23.8 Å². The molecule has 1 aliphatic heterocycles. The molecule has 168 valence electrons. The fourth-order valence-electron chi connectivity index (χ4n) is 5.48. The molecule has 1 fully saturated rings. The maximum atomic E-state index is 13.5. The topological polar surface area (TPSA) is 47.4 Å². The summed E-state index contributed by atoms with van der Waals surface area (Å²) in [6.07, 6.45) is 8.18. The third kappa shape index (κ3) is 3.65. The van der Waals surface area contributed by atoms with Crippen molar-refractivity contribution in [1.82, 2.24) is 9.55 Å². The molecule has 6 heteroatoms. The van der Waals surface area contributed by atoms with E-state index >= 15 is 0 Å². The first kappa shape index (κ1) is 21.0. The van der Waals surface area contributed by atoms with E-state index in [0.717, 1.165) is 59.4 Å². The predicted molar refractivity (Wildman–Crippen MR) is 124 cm³/mol. The summed E-state index contributed by atoms with van der Waals surface area (Å²) < 4.78 is 21.0.